The number of hydrogen-bond acceptors (Lipinski definition) is 3. The van der Waals surface area contributed by atoms with Crippen molar-refractivity contribution in [3.8, 4) is 0 Å². The predicted octanol–water partition coefficient (Wildman–Crippen LogP) is 1.15. The highest BCUT2D eigenvalue weighted by Crippen LogP contribution is 2.62. The SMILES string of the molecule is CC1N(CC2CC2(F)F)C(O)(O)CC12CC2. The second-order valence-electron chi connectivity index (χ2n) is 5.80. The minimum Gasteiger partial charge on any atom is -0.353 e. The Labute approximate surface area is 93.1 Å². The lowest BCUT2D eigenvalue weighted by molar-refractivity contribution is -0.252. The molecule has 2 atom stereocenters. The Hall–Kier alpha value is -0.260. The highest BCUT2D eigenvalue weighted by molar-refractivity contribution is 5.11. The van der Waals surface area contributed by atoms with Gasteiger partial charge in [-0.25, -0.2) is 13.7 Å². The molecule has 0 bridgehead atoms. The highest BCUT2D eigenvalue weighted by Gasteiger charge is 2.66. The third-order valence-electron chi connectivity index (χ3n) is 4.67. The van der Waals surface area contributed by atoms with Crippen LogP contribution in [-0.4, -0.2) is 39.5 Å². The standard InChI is InChI=1S/C11H17F2NO2/c1-7-9(2-3-9)6-11(15,16)14(7)5-8-4-10(8,12)13/h7-8,15-16H,2-6H2,1H3. The maximum Gasteiger partial charge on any atom is 0.252 e. The number of likely N-dealkylation sites (tertiary alicyclic amines) is 1. The fourth-order valence-corrected chi connectivity index (χ4v) is 3.13. The van der Waals surface area contributed by atoms with E-state index in [0.29, 0.717) is 6.42 Å². The lowest BCUT2D eigenvalue weighted by Gasteiger charge is -2.31. The van der Waals surface area contributed by atoms with Crippen molar-refractivity contribution in [1.29, 1.82) is 0 Å². The molecule has 1 aliphatic heterocycles. The van der Waals surface area contributed by atoms with Crippen molar-refractivity contribution >= 4 is 0 Å². The van der Waals surface area contributed by atoms with E-state index < -0.39 is 17.8 Å². The summed E-state index contributed by atoms with van der Waals surface area (Å²) < 4.78 is 25.7. The van der Waals surface area contributed by atoms with Crippen LogP contribution in [0.25, 0.3) is 0 Å². The molecule has 0 radical (unpaired) electrons. The van der Waals surface area contributed by atoms with E-state index in [9.17, 15) is 19.0 Å². The minimum atomic E-state index is -2.59. The summed E-state index contributed by atoms with van der Waals surface area (Å²) in [7, 11) is 0. The van der Waals surface area contributed by atoms with Crippen LogP contribution in [0.3, 0.4) is 0 Å². The van der Waals surface area contributed by atoms with Gasteiger partial charge in [0.05, 0.1) is 0 Å². The summed E-state index contributed by atoms with van der Waals surface area (Å²) in [6.45, 7) is 2.02. The second kappa shape index (κ2) is 2.76. The van der Waals surface area contributed by atoms with E-state index in [2.05, 4.69) is 0 Å². The Balaban J connectivity index is 1.74. The third kappa shape index (κ3) is 1.41. The first-order valence-electron chi connectivity index (χ1n) is 5.86. The van der Waals surface area contributed by atoms with Gasteiger partial charge >= 0.3 is 0 Å². The fourth-order valence-electron chi connectivity index (χ4n) is 3.13. The highest BCUT2D eigenvalue weighted by atomic mass is 19.3. The zero-order valence-corrected chi connectivity index (χ0v) is 9.29. The van der Waals surface area contributed by atoms with Crippen LogP contribution >= 0.6 is 0 Å². The molecule has 3 rings (SSSR count). The normalized spacial score (nSPS) is 42.6. The Kier molecular flexibility index (Phi) is 1.88. The molecule has 3 fully saturated rings. The van der Waals surface area contributed by atoms with Gasteiger partial charge in [0.1, 0.15) is 0 Å². The minimum absolute atomic E-state index is 0.00102. The average Bonchev–Trinajstić information content (AvgIpc) is 2.98. The van der Waals surface area contributed by atoms with E-state index in [1.807, 2.05) is 6.92 Å². The van der Waals surface area contributed by atoms with Gasteiger partial charge in [-0.05, 0) is 25.2 Å². The largest absolute Gasteiger partial charge is 0.353 e. The molecular formula is C11H17F2NO2. The second-order valence-corrected chi connectivity index (χ2v) is 5.80. The van der Waals surface area contributed by atoms with E-state index in [4.69, 9.17) is 0 Å². The van der Waals surface area contributed by atoms with Crippen LogP contribution in [0.4, 0.5) is 8.78 Å². The number of aliphatic hydroxyl groups is 2. The summed E-state index contributed by atoms with van der Waals surface area (Å²) in [5, 5.41) is 19.8. The van der Waals surface area contributed by atoms with Crippen LogP contribution in [0.5, 0.6) is 0 Å². The van der Waals surface area contributed by atoms with Crippen LogP contribution in [0.15, 0.2) is 0 Å². The molecule has 1 spiro atoms. The smallest absolute Gasteiger partial charge is 0.252 e. The molecule has 0 aromatic carbocycles. The van der Waals surface area contributed by atoms with E-state index in [1.54, 1.807) is 0 Å². The molecule has 2 saturated carbocycles. The Morgan fingerprint density at radius 3 is 2.25 bits per heavy atom. The monoisotopic (exact) mass is 233 g/mol. The van der Waals surface area contributed by atoms with Gasteiger partial charge in [0.2, 0.25) is 5.91 Å². The van der Waals surface area contributed by atoms with E-state index in [-0.39, 0.29) is 24.4 Å². The zero-order valence-electron chi connectivity index (χ0n) is 9.29. The molecule has 0 aromatic rings. The van der Waals surface area contributed by atoms with Gasteiger partial charge in [0.15, 0.2) is 0 Å². The van der Waals surface area contributed by atoms with Gasteiger partial charge in [0, 0.05) is 31.3 Å². The van der Waals surface area contributed by atoms with Crippen LogP contribution < -0.4 is 0 Å². The van der Waals surface area contributed by atoms with E-state index in [1.165, 1.54) is 4.90 Å². The predicted molar refractivity (Wildman–Crippen MR) is 52.7 cm³/mol. The Morgan fingerprint density at radius 2 is 1.88 bits per heavy atom. The summed E-state index contributed by atoms with van der Waals surface area (Å²) in [4.78, 5) is 1.46. The van der Waals surface area contributed by atoms with Crippen molar-refractivity contribution in [2.24, 2.45) is 11.3 Å². The molecule has 2 unspecified atom stereocenters. The number of alkyl halides is 2. The zero-order chi connectivity index (χ0) is 11.8. The van der Waals surface area contributed by atoms with Crippen LogP contribution in [0.1, 0.15) is 32.6 Å². The number of nitrogens with zero attached hydrogens (tertiary/aromatic N) is 1. The van der Waals surface area contributed by atoms with Gasteiger partial charge in [-0.2, -0.15) is 0 Å². The van der Waals surface area contributed by atoms with Crippen LogP contribution in [0.2, 0.25) is 0 Å². The van der Waals surface area contributed by atoms with Gasteiger partial charge in [0.25, 0.3) is 5.92 Å². The molecule has 2 aliphatic carbocycles. The summed E-state index contributed by atoms with van der Waals surface area (Å²) in [5.74, 6) is -5.16. The van der Waals surface area contributed by atoms with Crippen molar-refractivity contribution in [3.05, 3.63) is 0 Å². The average molecular weight is 233 g/mol. The topological polar surface area (TPSA) is 43.7 Å². The molecule has 5 heteroatoms. The van der Waals surface area contributed by atoms with Crippen molar-refractivity contribution < 1.29 is 19.0 Å². The maximum atomic E-state index is 12.8. The van der Waals surface area contributed by atoms with Gasteiger partial charge in [-0.15, -0.1) is 0 Å². The number of hydrogen-bond donors (Lipinski definition) is 2. The van der Waals surface area contributed by atoms with E-state index in [0.717, 1.165) is 12.8 Å². The molecule has 16 heavy (non-hydrogen) atoms. The lowest BCUT2D eigenvalue weighted by Crippen LogP contribution is -2.48. The molecule has 1 heterocycles. The van der Waals surface area contributed by atoms with Gasteiger partial charge in [-0.1, -0.05) is 0 Å². The van der Waals surface area contributed by atoms with Crippen molar-refractivity contribution in [2.45, 2.75) is 50.5 Å². The van der Waals surface area contributed by atoms with Crippen molar-refractivity contribution in [1.82, 2.24) is 4.90 Å². The summed E-state index contributed by atoms with van der Waals surface area (Å²) in [6, 6.07) is -0.00102. The van der Waals surface area contributed by atoms with Crippen molar-refractivity contribution in [2.75, 3.05) is 6.54 Å². The van der Waals surface area contributed by atoms with Gasteiger partial charge in [-0.3, -0.25) is 0 Å². The molecule has 1 saturated heterocycles. The molecule has 2 N–H and O–H groups in total. The third-order valence-corrected chi connectivity index (χ3v) is 4.67. The molecular weight excluding hydrogens is 216 g/mol. The number of rotatable bonds is 2. The first kappa shape index (κ1) is 10.9. The fraction of sp³-hybridized carbons (Fsp3) is 1.00. The molecule has 3 aliphatic rings. The molecule has 0 aromatic heterocycles. The van der Waals surface area contributed by atoms with Crippen LogP contribution in [0, 0.1) is 11.3 Å². The Bertz CT molecular complexity index is 328. The maximum absolute atomic E-state index is 12.8. The van der Waals surface area contributed by atoms with Crippen LogP contribution in [-0.2, 0) is 0 Å². The summed E-state index contributed by atoms with van der Waals surface area (Å²) in [6.07, 6.45) is 2.15. The van der Waals surface area contributed by atoms with E-state index >= 15 is 0 Å². The Morgan fingerprint density at radius 1 is 1.31 bits per heavy atom. The van der Waals surface area contributed by atoms with Gasteiger partial charge < -0.3 is 10.2 Å². The number of halogens is 2. The summed E-state index contributed by atoms with van der Waals surface area (Å²) in [5.41, 5.74) is -0.0202. The molecule has 0 amide bonds. The lowest BCUT2D eigenvalue weighted by atomic mass is 9.98. The molecule has 3 nitrogen and oxygen atoms in total. The summed E-state index contributed by atoms with van der Waals surface area (Å²) >= 11 is 0. The first-order chi connectivity index (χ1) is 7.27. The quantitative estimate of drug-likeness (QED) is 0.703. The van der Waals surface area contributed by atoms with Crippen molar-refractivity contribution in [3.63, 3.8) is 0 Å². The first-order valence-corrected chi connectivity index (χ1v) is 5.86. The molecule has 92 valence electrons.